The second-order valence-electron chi connectivity index (χ2n) is 8.75. The quantitative estimate of drug-likeness (QED) is 0.298. The summed E-state index contributed by atoms with van der Waals surface area (Å²) < 4.78 is 28.5. The zero-order valence-electron chi connectivity index (χ0n) is 20.2. The number of nitrogens with one attached hydrogen (secondary N) is 1. The highest BCUT2D eigenvalue weighted by atomic mass is 32.2. The molecule has 0 aliphatic carbocycles. The molecule has 0 aliphatic rings. The highest BCUT2D eigenvalue weighted by Gasteiger charge is 2.19. The van der Waals surface area contributed by atoms with Crippen molar-refractivity contribution >= 4 is 49.1 Å². The van der Waals surface area contributed by atoms with Gasteiger partial charge in [0.25, 0.3) is 5.91 Å². The molecule has 5 rings (SSSR count). The molecule has 4 aromatic carbocycles. The third-order valence-corrected chi connectivity index (χ3v) is 7.47. The topological polar surface area (TPSA) is 71.4 Å². The standard InChI is InChI=1S/C29H27N3O3S/c1-3-31-27-12-8-7-11-25(27)26-19-23(15-18-28(26)31)30-29(33)22-13-16-24(17-14-22)32(36(2,34)35)20-21-9-5-4-6-10-21/h4-19H,3,20H2,1-2H3,(H,30,33). The molecule has 5 aromatic rings. The average molecular weight is 498 g/mol. The lowest BCUT2D eigenvalue weighted by Crippen LogP contribution is -2.29. The molecule has 0 saturated heterocycles. The third-order valence-electron chi connectivity index (χ3n) is 6.33. The van der Waals surface area contributed by atoms with Crippen LogP contribution in [0.15, 0.2) is 97.1 Å². The number of rotatable bonds is 7. The van der Waals surface area contributed by atoms with Gasteiger partial charge in [-0.1, -0.05) is 48.5 Å². The summed E-state index contributed by atoms with van der Waals surface area (Å²) in [6.45, 7) is 3.20. The maximum atomic E-state index is 13.0. The summed E-state index contributed by atoms with van der Waals surface area (Å²) in [6, 6.07) is 30.2. The summed E-state index contributed by atoms with van der Waals surface area (Å²) in [5.74, 6) is -0.255. The van der Waals surface area contributed by atoms with Gasteiger partial charge in [-0.2, -0.15) is 0 Å². The normalized spacial score (nSPS) is 11.6. The molecule has 7 heteroatoms. The number of aryl methyl sites for hydroxylation is 1. The molecule has 0 saturated carbocycles. The number of carbonyl (C=O) groups is 1. The second kappa shape index (κ2) is 9.51. The number of carbonyl (C=O) groups excluding carboxylic acids is 1. The number of para-hydroxylation sites is 1. The summed E-state index contributed by atoms with van der Waals surface area (Å²) >= 11 is 0. The summed E-state index contributed by atoms with van der Waals surface area (Å²) in [6.07, 6.45) is 1.18. The van der Waals surface area contributed by atoms with Crippen LogP contribution in [0.25, 0.3) is 21.8 Å². The minimum atomic E-state index is -3.51. The molecule has 1 N–H and O–H groups in total. The second-order valence-corrected chi connectivity index (χ2v) is 10.7. The van der Waals surface area contributed by atoms with Crippen LogP contribution in [0.1, 0.15) is 22.8 Å². The average Bonchev–Trinajstić information content (AvgIpc) is 3.20. The molecule has 1 heterocycles. The van der Waals surface area contributed by atoms with Crippen LogP contribution < -0.4 is 9.62 Å². The van der Waals surface area contributed by atoms with Gasteiger partial charge in [0.1, 0.15) is 0 Å². The summed E-state index contributed by atoms with van der Waals surface area (Å²) in [7, 11) is -3.51. The predicted molar refractivity (Wildman–Crippen MR) is 147 cm³/mol. The predicted octanol–water partition coefficient (Wildman–Crippen LogP) is 6.03. The van der Waals surface area contributed by atoms with E-state index >= 15 is 0 Å². The van der Waals surface area contributed by atoms with Gasteiger partial charge >= 0.3 is 0 Å². The highest BCUT2D eigenvalue weighted by Crippen LogP contribution is 2.31. The van der Waals surface area contributed by atoms with E-state index in [-0.39, 0.29) is 12.5 Å². The Morgan fingerprint density at radius 1 is 0.833 bits per heavy atom. The van der Waals surface area contributed by atoms with Gasteiger partial charge < -0.3 is 9.88 Å². The van der Waals surface area contributed by atoms with Gasteiger partial charge in [-0.3, -0.25) is 9.10 Å². The van der Waals surface area contributed by atoms with E-state index in [4.69, 9.17) is 0 Å². The Balaban J connectivity index is 1.39. The first-order valence-electron chi connectivity index (χ1n) is 11.8. The molecular weight excluding hydrogens is 470 g/mol. The molecule has 0 aliphatic heterocycles. The third kappa shape index (κ3) is 4.57. The van der Waals surface area contributed by atoms with Crippen LogP contribution in [0.3, 0.4) is 0 Å². The Kier molecular flexibility index (Phi) is 6.24. The lowest BCUT2D eigenvalue weighted by molar-refractivity contribution is 0.102. The Morgan fingerprint density at radius 3 is 2.19 bits per heavy atom. The molecule has 0 spiro atoms. The first-order valence-corrected chi connectivity index (χ1v) is 13.6. The number of amides is 1. The first kappa shape index (κ1) is 23.6. The minimum absolute atomic E-state index is 0.219. The lowest BCUT2D eigenvalue weighted by atomic mass is 10.1. The van der Waals surface area contributed by atoms with Gasteiger partial charge in [-0.05, 0) is 61.0 Å². The molecule has 1 aromatic heterocycles. The van der Waals surface area contributed by atoms with Gasteiger partial charge in [-0.25, -0.2) is 8.42 Å². The number of aromatic nitrogens is 1. The molecule has 182 valence electrons. The number of sulfonamides is 1. The van der Waals surface area contributed by atoms with E-state index in [0.717, 1.165) is 28.4 Å². The van der Waals surface area contributed by atoms with Crippen LogP contribution in [0.2, 0.25) is 0 Å². The summed E-state index contributed by atoms with van der Waals surface area (Å²) in [4.78, 5) is 13.0. The molecule has 0 radical (unpaired) electrons. The van der Waals surface area contributed by atoms with Gasteiger partial charge in [0.15, 0.2) is 0 Å². The van der Waals surface area contributed by atoms with Crippen molar-refractivity contribution in [2.45, 2.75) is 20.0 Å². The van der Waals surface area contributed by atoms with E-state index in [2.05, 4.69) is 28.9 Å². The van der Waals surface area contributed by atoms with Gasteiger partial charge in [0, 0.05) is 39.6 Å². The lowest BCUT2D eigenvalue weighted by Gasteiger charge is -2.22. The van der Waals surface area contributed by atoms with Crippen LogP contribution in [0.4, 0.5) is 11.4 Å². The fraction of sp³-hybridized carbons (Fsp3) is 0.138. The summed E-state index contributed by atoms with van der Waals surface area (Å²) in [5.41, 5.74) is 4.83. The van der Waals surface area contributed by atoms with E-state index in [9.17, 15) is 13.2 Å². The SMILES string of the molecule is CCn1c2ccccc2c2cc(NC(=O)c3ccc(N(Cc4ccccc4)S(C)(=O)=O)cc3)ccc21. The van der Waals surface area contributed by atoms with Crippen LogP contribution >= 0.6 is 0 Å². The maximum absolute atomic E-state index is 13.0. The Bertz CT molecular complexity index is 1660. The number of nitrogens with zero attached hydrogens (tertiary/aromatic N) is 2. The van der Waals surface area contributed by atoms with Gasteiger partial charge in [-0.15, -0.1) is 0 Å². The number of benzene rings is 4. The van der Waals surface area contributed by atoms with E-state index in [1.807, 2.05) is 60.7 Å². The molecule has 0 bridgehead atoms. The highest BCUT2D eigenvalue weighted by molar-refractivity contribution is 7.92. The van der Waals surface area contributed by atoms with Crippen LogP contribution in [0, 0.1) is 0 Å². The minimum Gasteiger partial charge on any atom is -0.341 e. The maximum Gasteiger partial charge on any atom is 0.255 e. The van der Waals surface area contributed by atoms with Crippen molar-refractivity contribution in [1.29, 1.82) is 0 Å². The molecule has 36 heavy (non-hydrogen) atoms. The molecule has 0 atom stereocenters. The fourth-order valence-corrected chi connectivity index (χ4v) is 5.49. The van der Waals surface area contributed by atoms with Gasteiger partial charge in [0.2, 0.25) is 10.0 Å². The van der Waals surface area contributed by atoms with Crippen molar-refractivity contribution < 1.29 is 13.2 Å². The first-order chi connectivity index (χ1) is 17.3. The number of anilines is 2. The van der Waals surface area contributed by atoms with E-state index < -0.39 is 10.0 Å². The van der Waals surface area contributed by atoms with Crippen molar-refractivity contribution in [3.05, 3.63) is 108 Å². The van der Waals surface area contributed by atoms with Crippen molar-refractivity contribution in [3.8, 4) is 0 Å². The van der Waals surface area contributed by atoms with Crippen molar-refractivity contribution in [2.24, 2.45) is 0 Å². The van der Waals surface area contributed by atoms with E-state index in [1.165, 1.54) is 16.1 Å². The zero-order chi connectivity index (χ0) is 25.3. The number of fused-ring (bicyclic) bond motifs is 3. The summed E-state index contributed by atoms with van der Waals surface area (Å²) in [5, 5.41) is 5.22. The van der Waals surface area contributed by atoms with Crippen molar-refractivity contribution in [3.63, 3.8) is 0 Å². The zero-order valence-corrected chi connectivity index (χ0v) is 21.0. The monoisotopic (exact) mass is 497 g/mol. The molecule has 0 unspecified atom stereocenters. The smallest absolute Gasteiger partial charge is 0.255 e. The number of hydrogen-bond donors (Lipinski definition) is 1. The van der Waals surface area contributed by atoms with Crippen molar-refractivity contribution in [1.82, 2.24) is 4.57 Å². The van der Waals surface area contributed by atoms with Gasteiger partial charge in [0.05, 0.1) is 18.5 Å². The fourth-order valence-electron chi connectivity index (χ4n) is 4.60. The van der Waals surface area contributed by atoms with Crippen LogP contribution in [-0.2, 0) is 23.1 Å². The molecule has 1 amide bonds. The van der Waals surface area contributed by atoms with Crippen LogP contribution in [-0.4, -0.2) is 25.1 Å². The largest absolute Gasteiger partial charge is 0.341 e. The Hall–Kier alpha value is -4.10. The van der Waals surface area contributed by atoms with E-state index in [1.54, 1.807) is 24.3 Å². The Labute approximate surface area is 210 Å². The molecule has 6 nitrogen and oxygen atoms in total. The Morgan fingerprint density at radius 2 is 1.50 bits per heavy atom. The van der Waals surface area contributed by atoms with E-state index in [0.29, 0.717) is 16.9 Å². The molecule has 0 fully saturated rings. The molecular formula is C29H27N3O3S. The number of hydrogen-bond acceptors (Lipinski definition) is 3. The van der Waals surface area contributed by atoms with Crippen LogP contribution in [0.5, 0.6) is 0 Å². The van der Waals surface area contributed by atoms with Crippen molar-refractivity contribution in [2.75, 3.05) is 15.9 Å².